The molecule has 0 amide bonds. The number of rotatable bonds is 5. The van der Waals surface area contributed by atoms with Gasteiger partial charge in [0, 0.05) is 29.9 Å². The number of nitro groups is 1. The van der Waals surface area contributed by atoms with Crippen LogP contribution in [-0.2, 0) is 0 Å². The average Bonchev–Trinajstić information content (AvgIpc) is 2.96. The molecule has 1 aromatic heterocycles. The average molecular weight is 298 g/mol. The Bertz CT molecular complexity index is 811. The van der Waals surface area contributed by atoms with E-state index in [1.165, 1.54) is 12.1 Å². The molecule has 0 aliphatic carbocycles. The smallest absolute Gasteiger partial charge is 0.269 e. The number of aromatic nitrogens is 2. The molecule has 0 spiro atoms. The molecule has 0 unspecified atom stereocenters. The summed E-state index contributed by atoms with van der Waals surface area (Å²) in [6.45, 7) is 0.546. The van der Waals surface area contributed by atoms with Gasteiger partial charge in [0.15, 0.2) is 0 Å². The molecule has 1 heterocycles. The molecule has 7 nitrogen and oxygen atoms in total. The standard InChI is InChI=1S/C15H14N4O3/c20-8-7-16-11-3-6-13-14(9-11)18-15(17-13)10-1-4-12(5-2-10)19(21)22/h1-6,9,16,20H,7-8H2,(H,17,18). The first-order chi connectivity index (χ1) is 10.7. The van der Waals surface area contributed by atoms with Crippen LogP contribution in [-0.4, -0.2) is 33.1 Å². The third kappa shape index (κ3) is 2.75. The third-order valence-electron chi connectivity index (χ3n) is 3.27. The number of nitrogens with zero attached hydrogens (tertiary/aromatic N) is 2. The number of H-pyrrole nitrogens is 1. The number of anilines is 1. The van der Waals surface area contributed by atoms with E-state index in [1.807, 2.05) is 18.2 Å². The normalized spacial score (nSPS) is 10.8. The lowest BCUT2D eigenvalue weighted by atomic mass is 10.2. The topological polar surface area (TPSA) is 104 Å². The fourth-order valence-corrected chi connectivity index (χ4v) is 2.20. The zero-order valence-corrected chi connectivity index (χ0v) is 11.6. The molecule has 3 N–H and O–H groups in total. The van der Waals surface area contributed by atoms with Crippen LogP contribution in [0.5, 0.6) is 0 Å². The van der Waals surface area contributed by atoms with Crippen LogP contribution in [0.3, 0.4) is 0 Å². The van der Waals surface area contributed by atoms with E-state index in [1.54, 1.807) is 12.1 Å². The van der Waals surface area contributed by atoms with Crippen molar-refractivity contribution in [2.45, 2.75) is 0 Å². The maximum atomic E-state index is 10.7. The van der Waals surface area contributed by atoms with Gasteiger partial charge in [0.2, 0.25) is 0 Å². The summed E-state index contributed by atoms with van der Waals surface area (Å²) in [6.07, 6.45) is 0. The molecule has 0 saturated heterocycles. The van der Waals surface area contributed by atoms with Crippen LogP contribution in [0.4, 0.5) is 11.4 Å². The Morgan fingerprint density at radius 2 is 2.00 bits per heavy atom. The van der Waals surface area contributed by atoms with Crippen molar-refractivity contribution in [3.05, 3.63) is 52.6 Å². The summed E-state index contributed by atoms with van der Waals surface area (Å²) < 4.78 is 0. The molecule has 0 saturated carbocycles. The Kier molecular flexibility index (Phi) is 3.71. The molecule has 112 valence electrons. The fraction of sp³-hybridized carbons (Fsp3) is 0.133. The number of benzene rings is 2. The summed E-state index contributed by atoms with van der Waals surface area (Å²) in [4.78, 5) is 17.9. The minimum absolute atomic E-state index is 0.0513. The monoisotopic (exact) mass is 298 g/mol. The van der Waals surface area contributed by atoms with Crippen molar-refractivity contribution in [1.82, 2.24) is 9.97 Å². The molecule has 0 fully saturated rings. The molecule has 0 radical (unpaired) electrons. The second-order valence-corrected chi connectivity index (χ2v) is 4.77. The molecule has 22 heavy (non-hydrogen) atoms. The Balaban J connectivity index is 1.92. The number of aromatic amines is 1. The summed E-state index contributed by atoms with van der Waals surface area (Å²) in [5, 5.41) is 22.6. The SMILES string of the molecule is O=[N+]([O-])c1ccc(-c2nc3ccc(NCCO)cc3[nH]2)cc1. The quantitative estimate of drug-likeness (QED) is 0.496. The van der Waals surface area contributed by atoms with E-state index in [0.717, 1.165) is 22.3 Å². The van der Waals surface area contributed by atoms with Gasteiger partial charge in [0.25, 0.3) is 5.69 Å². The third-order valence-corrected chi connectivity index (χ3v) is 3.27. The molecule has 3 aromatic rings. The Labute approximate surface area is 125 Å². The minimum Gasteiger partial charge on any atom is -0.395 e. The molecular weight excluding hydrogens is 284 g/mol. The molecule has 2 aromatic carbocycles. The fourth-order valence-electron chi connectivity index (χ4n) is 2.20. The molecule has 0 atom stereocenters. The van der Waals surface area contributed by atoms with Gasteiger partial charge >= 0.3 is 0 Å². The lowest BCUT2D eigenvalue weighted by Crippen LogP contribution is -2.04. The zero-order valence-electron chi connectivity index (χ0n) is 11.6. The molecule has 3 rings (SSSR count). The van der Waals surface area contributed by atoms with Gasteiger partial charge in [-0.2, -0.15) is 0 Å². The summed E-state index contributed by atoms with van der Waals surface area (Å²) in [5.41, 5.74) is 3.39. The highest BCUT2D eigenvalue weighted by atomic mass is 16.6. The van der Waals surface area contributed by atoms with E-state index in [-0.39, 0.29) is 12.3 Å². The first-order valence-electron chi connectivity index (χ1n) is 6.77. The van der Waals surface area contributed by atoms with E-state index in [0.29, 0.717) is 12.4 Å². The van der Waals surface area contributed by atoms with Gasteiger partial charge in [-0.25, -0.2) is 4.98 Å². The molecular formula is C15H14N4O3. The van der Waals surface area contributed by atoms with Gasteiger partial charge < -0.3 is 15.4 Å². The number of non-ortho nitro benzene ring substituents is 1. The Hall–Kier alpha value is -2.93. The minimum atomic E-state index is -0.429. The van der Waals surface area contributed by atoms with Crippen molar-refractivity contribution < 1.29 is 10.0 Å². The lowest BCUT2D eigenvalue weighted by Gasteiger charge is -2.02. The highest BCUT2D eigenvalue weighted by molar-refractivity contribution is 5.82. The number of nitro benzene ring substituents is 1. The maximum Gasteiger partial charge on any atom is 0.269 e. The second kappa shape index (κ2) is 5.82. The highest BCUT2D eigenvalue weighted by Gasteiger charge is 2.09. The summed E-state index contributed by atoms with van der Waals surface area (Å²) in [5.74, 6) is 0.657. The van der Waals surface area contributed by atoms with Crippen LogP contribution in [0.2, 0.25) is 0 Å². The number of aliphatic hydroxyl groups excluding tert-OH is 1. The van der Waals surface area contributed by atoms with Crippen molar-refractivity contribution in [2.75, 3.05) is 18.5 Å². The predicted octanol–water partition coefficient (Wildman–Crippen LogP) is 2.54. The Morgan fingerprint density at radius 1 is 1.23 bits per heavy atom. The van der Waals surface area contributed by atoms with E-state index in [4.69, 9.17) is 5.11 Å². The first kappa shape index (κ1) is 14.0. The number of hydrogen-bond acceptors (Lipinski definition) is 5. The van der Waals surface area contributed by atoms with Crippen molar-refractivity contribution in [3.63, 3.8) is 0 Å². The van der Waals surface area contributed by atoms with Crippen LogP contribution < -0.4 is 5.32 Å². The van der Waals surface area contributed by atoms with Crippen molar-refractivity contribution in [3.8, 4) is 11.4 Å². The molecule has 0 aliphatic rings. The van der Waals surface area contributed by atoms with Crippen molar-refractivity contribution >= 4 is 22.4 Å². The largest absolute Gasteiger partial charge is 0.395 e. The van der Waals surface area contributed by atoms with Crippen LogP contribution in [0.15, 0.2) is 42.5 Å². The van der Waals surface area contributed by atoms with Gasteiger partial charge in [-0.1, -0.05) is 0 Å². The summed E-state index contributed by atoms with van der Waals surface area (Å²) >= 11 is 0. The number of aliphatic hydroxyl groups is 1. The number of imidazole rings is 1. The predicted molar refractivity (Wildman–Crippen MR) is 83.8 cm³/mol. The zero-order chi connectivity index (χ0) is 15.5. The second-order valence-electron chi connectivity index (χ2n) is 4.77. The Morgan fingerprint density at radius 3 is 2.68 bits per heavy atom. The van der Waals surface area contributed by atoms with Gasteiger partial charge in [-0.15, -0.1) is 0 Å². The number of hydrogen-bond donors (Lipinski definition) is 3. The van der Waals surface area contributed by atoms with Crippen molar-refractivity contribution in [2.24, 2.45) is 0 Å². The highest BCUT2D eigenvalue weighted by Crippen LogP contribution is 2.24. The van der Waals surface area contributed by atoms with Gasteiger partial charge in [0.05, 0.1) is 22.6 Å². The van der Waals surface area contributed by atoms with Crippen LogP contribution in [0, 0.1) is 10.1 Å². The van der Waals surface area contributed by atoms with Crippen LogP contribution >= 0.6 is 0 Å². The number of fused-ring (bicyclic) bond motifs is 1. The maximum absolute atomic E-state index is 10.7. The lowest BCUT2D eigenvalue weighted by molar-refractivity contribution is -0.384. The van der Waals surface area contributed by atoms with E-state index >= 15 is 0 Å². The van der Waals surface area contributed by atoms with Gasteiger partial charge in [-0.3, -0.25) is 10.1 Å². The molecule has 7 heteroatoms. The van der Waals surface area contributed by atoms with Crippen molar-refractivity contribution in [1.29, 1.82) is 0 Å². The van der Waals surface area contributed by atoms with E-state index in [9.17, 15) is 10.1 Å². The van der Waals surface area contributed by atoms with Crippen LogP contribution in [0.25, 0.3) is 22.4 Å². The number of nitrogens with one attached hydrogen (secondary N) is 2. The van der Waals surface area contributed by atoms with E-state index < -0.39 is 4.92 Å². The molecule has 0 bridgehead atoms. The summed E-state index contributed by atoms with van der Waals surface area (Å²) in [7, 11) is 0. The molecule has 0 aliphatic heterocycles. The van der Waals surface area contributed by atoms with Gasteiger partial charge in [0.1, 0.15) is 5.82 Å². The van der Waals surface area contributed by atoms with E-state index in [2.05, 4.69) is 15.3 Å². The summed E-state index contributed by atoms with van der Waals surface area (Å²) in [6, 6.07) is 11.9. The van der Waals surface area contributed by atoms with Gasteiger partial charge in [-0.05, 0) is 30.3 Å². The van der Waals surface area contributed by atoms with Crippen LogP contribution in [0.1, 0.15) is 0 Å². The first-order valence-corrected chi connectivity index (χ1v) is 6.77.